The lowest BCUT2D eigenvalue weighted by atomic mass is 9.86. The molecule has 1 aromatic rings. The molecule has 2 heteroatoms. The third-order valence-corrected chi connectivity index (χ3v) is 5.02. The zero-order valence-electron chi connectivity index (χ0n) is 15.6. The first kappa shape index (κ1) is 18.2. The van der Waals surface area contributed by atoms with E-state index in [1.165, 1.54) is 24.9 Å². The molecule has 0 bridgehead atoms. The minimum atomic E-state index is 0.172. The summed E-state index contributed by atoms with van der Waals surface area (Å²) in [5.41, 5.74) is 2.65. The number of carbonyl (C=O) groups is 1. The van der Waals surface area contributed by atoms with Crippen LogP contribution in [-0.2, 0) is 16.6 Å². The summed E-state index contributed by atoms with van der Waals surface area (Å²) in [6.07, 6.45) is 3.77. The first-order chi connectivity index (χ1) is 10.8. The Morgan fingerprint density at radius 1 is 1.22 bits per heavy atom. The van der Waals surface area contributed by atoms with E-state index < -0.39 is 0 Å². The number of hydrogen-bond acceptors (Lipinski definition) is 2. The highest BCUT2D eigenvalue weighted by Gasteiger charge is 2.23. The van der Waals surface area contributed by atoms with Crippen LogP contribution < -0.4 is 0 Å². The van der Waals surface area contributed by atoms with Gasteiger partial charge in [-0.1, -0.05) is 45.0 Å². The van der Waals surface area contributed by atoms with E-state index in [0.29, 0.717) is 24.2 Å². The Balaban J connectivity index is 1.87. The topological polar surface area (TPSA) is 20.3 Å². The molecule has 1 aliphatic rings. The van der Waals surface area contributed by atoms with Gasteiger partial charge in [-0.25, -0.2) is 0 Å². The summed E-state index contributed by atoms with van der Waals surface area (Å²) >= 11 is 0. The Labute approximate surface area is 142 Å². The monoisotopic (exact) mass is 315 g/mol. The number of nitrogens with zero attached hydrogens (tertiary/aromatic N) is 1. The van der Waals surface area contributed by atoms with E-state index in [0.717, 1.165) is 18.5 Å². The Bertz CT molecular complexity index is 510. The van der Waals surface area contributed by atoms with Crippen molar-refractivity contribution in [2.75, 3.05) is 13.1 Å². The molecule has 1 heterocycles. The molecule has 128 valence electrons. The van der Waals surface area contributed by atoms with Crippen LogP contribution in [0.3, 0.4) is 0 Å². The number of carbonyl (C=O) groups excluding carboxylic acids is 1. The molecule has 0 unspecified atom stereocenters. The van der Waals surface area contributed by atoms with Crippen LogP contribution in [0.4, 0.5) is 0 Å². The van der Waals surface area contributed by atoms with Crippen LogP contribution in [0.5, 0.6) is 0 Å². The zero-order chi connectivity index (χ0) is 17.0. The van der Waals surface area contributed by atoms with Gasteiger partial charge >= 0.3 is 0 Å². The van der Waals surface area contributed by atoms with Crippen LogP contribution in [-0.4, -0.2) is 29.8 Å². The number of likely N-dealkylation sites (tertiary alicyclic amines) is 1. The molecule has 2 nitrogen and oxygen atoms in total. The standard InChI is InChI=1S/C21H33NO/c1-16(2)22-12-6-7-18(15-22)14-20(23)13-17-8-10-19(11-9-17)21(3,4)5/h8-11,16,18H,6-7,12-15H2,1-5H3/t18-/m0/s1. The fraction of sp³-hybridized carbons (Fsp3) is 0.667. The van der Waals surface area contributed by atoms with E-state index in [-0.39, 0.29) is 5.41 Å². The first-order valence-electron chi connectivity index (χ1n) is 9.11. The van der Waals surface area contributed by atoms with Crippen molar-refractivity contribution in [2.45, 2.75) is 71.8 Å². The van der Waals surface area contributed by atoms with Crippen molar-refractivity contribution < 1.29 is 4.79 Å². The molecule has 0 radical (unpaired) electrons. The van der Waals surface area contributed by atoms with Crippen LogP contribution in [0.1, 0.15) is 65.0 Å². The smallest absolute Gasteiger partial charge is 0.137 e. The highest BCUT2D eigenvalue weighted by Crippen LogP contribution is 2.24. The third-order valence-electron chi connectivity index (χ3n) is 5.02. The molecule has 0 N–H and O–H groups in total. The maximum absolute atomic E-state index is 12.4. The van der Waals surface area contributed by atoms with Crippen LogP contribution in [0, 0.1) is 5.92 Å². The predicted octanol–water partition coefficient (Wildman–Crippen LogP) is 4.61. The number of Topliss-reactive ketones (excluding diaryl/α,β-unsaturated/α-hetero) is 1. The lowest BCUT2D eigenvalue weighted by molar-refractivity contribution is -0.119. The van der Waals surface area contributed by atoms with Gasteiger partial charge in [-0.05, 0) is 55.7 Å². The fourth-order valence-corrected chi connectivity index (χ4v) is 3.48. The van der Waals surface area contributed by atoms with Gasteiger partial charge in [0.15, 0.2) is 0 Å². The molecule has 1 saturated heterocycles. The van der Waals surface area contributed by atoms with Crippen LogP contribution in [0.2, 0.25) is 0 Å². The van der Waals surface area contributed by atoms with E-state index >= 15 is 0 Å². The van der Waals surface area contributed by atoms with Gasteiger partial charge < -0.3 is 4.90 Å². The number of ketones is 1. The number of rotatable bonds is 5. The molecule has 1 fully saturated rings. The van der Waals surface area contributed by atoms with Crippen molar-refractivity contribution in [3.05, 3.63) is 35.4 Å². The molecule has 1 atom stereocenters. The summed E-state index contributed by atoms with van der Waals surface area (Å²) in [6.45, 7) is 13.4. The second-order valence-corrected chi connectivity index (χ2v) is 8.46. The second-order valence-electron chi connectivity index (χ2n) is 8.46. The molecule has 23 heavy (non-hydrogen) atoms. The minimum Gasteiger partial charge on any atom is -0.301 e. The molecule has 0 saturated carbocycles. The summed E-state index contributed by atoms with van der Waals surface area (Å²) in [5.74, 6) is 0.941. The Hall–Kier alpha value is -1.15. The van der Waals surface area contributed by atoms with Crippen LogP contribution in [0.25, 0.3) is 0 Å². The quantitative estimate of drug-likeness (QED) is 0.791. The van der Waals surface area contributed by atoms with E-state index in [2.05, 4.69) is 63.8 Å². The normalized spacial score (nSPS) is 20.0. The number of hydrogen-bond donors (Lipinski definition) is 0. The summed E-state index contributed by atoms with van der Waals surface area (Å²) in [6, 6.07) is 9.19. The molecular weight excluding hydrogens is 282 g/mol. The van der Waals surface area contributed by atoms with E-state index in [1.807, 2.05) is 0 Å². The largest absolute Gasteiger partial charge is 0.301 e. The lowest BCUT2D eigenvalue weighted by Crippen LogP contribution is -2.40. The van der Waals surface area contributed by atoms with Crippen molar-refractivity contribution in [1.82, 2.24) is 4.90 Å². The van der Waals surface area contributed by atoms with Crippen molar-refractivity contribution in [3.63, 3.8) is 0 Å². The van der Waals surface area contributed by atoms with Gasteiger partial charge in [0, 0.05) is 25.4 Å². The second kappa shape index (κ2) is 7.61. The summed E-state index contributed by atoms with van der Waals surface area (Å²) in [5, 5.41) is 0. The molecule has 1 aliphatic heterocycles. The van der Waals surface area contributed by atoms with E-state index in [9.17, 15) is 4.79 Å². The van der Waals surface area contributed by atoms with Crippen molar-refractivity contribution in [2.24, 2.45) is 5.92 Å². The van der Waals surface area contributed by atoms with E-state index in [4.69, 9.17) is 0 Å². The molecule has 0 spiro atoms. The highest BCUT2D eigenvalue weighted by atomic mass is 16.1. The molecule has 0 aromatic heterocycles. The average molecular weight is 316 g/mol. The van der Waals surface area contributed by atoms with Crippen molar-refractivity contribution >= 4 is 5.78 Å². The third kappa shape index (κ3) is 5.46. The maximum atomic E-state index is 12.4. The van der Waals surface area contributed by atoms with Crippen molar-refractivity contribution in [3.8, 4) is 0 Å². The summed E-state index contributed by atoms with van der Waals surface area (Å²) in [4.78, 5) is 14.9. The first-order valence-corrected chi connectivity index (χ1v) is 9.11. The van der Waals surface area contributed by atoms with Gasteiger partial charge in [0.05, 0.1) is 0 Å². The minimum absolute atomic E-state index is 0.172. The summed E-state index contributed by atoms with van der Waals surface area (Å²) in [7, 11) is 0. The molecule has 0 amide bonds. The van der Waals surface area contributed by atoms with Gasteiger partial charge in [-0.3, -0.25) is 4.79 Å². The van der Waals surface area contributed by atoms with E-state index in [1.54, 1.807) is 0 Å². The molecule has 2 rings (SSSR count). The lowest BCUT2D eigenvalue weighted by Gasteiger charge is -2.35. The van der Waals surface area contributed by atoms with Crippen LogP contribution >= 0.6 is 0 Å². The number of piperidine rings is 1. The molecule has 1 aromatic carbocycles. The van der Waals surface area contributed by atoms with Gasteiger partial charge in [0.2, 0.25) is 0 Å². The van der Waals surface area contributed by atoms with Gasteiger partial charge in [-0.2, -0.15) is 0 Å². The molecule has 0 aliphatic carbocycles. The highest BCUT2D eigenvalue weighted by molar-refractivity contribution is 5.81. The van der Waals surface area contributed by atoms with Crippen molar-refractivity contribution in [1.29, 1.82) is 0 Å². The summed E-state index contributed by atoms with van der Waals surface area (Å²) < 4.78 is 0. The molecular formula is C21H33NO. The van der Waals surface area contributed by atoms with Crippen LogP contribution in [0.15, 0.2) is 24.3 Å². The predicted molar refractivity (Wildman–Crippen MR) is 97.9 cm³/mol. The van der Waals surface area contributed by atoms with Gasteiger partial charge in [-0.15, -0.1) is 0 Å². The Morgan fingerprint density at radius 2 is 1.87 bits per heavy atom. The fourth-order valence-electron chi connectivity index (χ4n) is 3.48. The van der Waals surface area contributed by atoms with Gasteiger partial charge in [0.25, 0.3) is 0 Å². The number of benzene rings is 1. The maximum Gasteiger partial charge on any atom is 0.137 e. The van der Waals surface area contributed by atoms with Gasteiger partial charge in [0.1, 0.15) is 5.78 Å². The zero-order valence-corrected chi connectivity index (χ0v) is 15.6. The SMILES string of the molecule is CC(C)N1CCC[C@@H](CC(=O)Cc2ccc(C(C)(C)C)cc2)C1. The Kier molecular flexibility index (Phi) is 6.02. The Morgan fingerprint density at radius 3 is 2.43 bits per heavy atom. The average Bonchev–Trinajstić information content (AvgIpc) is 2.47.